The second-order valence-corrected chi connectivity index (χ2v) is 9.60. The third-order valence-corrected chi connectivity index (χ3v) is 6.54. The van der Waals surface area contributed by atoms with Crippen LogP contribution in [-0.4, -0.2) is 28.5 Å². The van der Waals surface area contributed by atoms with Gasteiger partial charge >= 0.3 is 12.1 Å². The zero-order valence-electron chi connectivity index (χ0n) is 20.7. The predicted octanol–water partition coefficient (Wildman–Crippen LogP) is 7.56. The average molecular weight is 588 g/mol. The van der Waals surface area contributed by atoms with E-state index >= 15 is 0 Å². The quantitative estimate of drug-likeness (QED) is 0.188. The lowest BCUT2D eigenvalue weighted by Crippen LogP contribution is -2.26. The normalized spacial score (nSPS) is 11.2. The number of amides is 1. The Labute approximate surface area is 237 Å². The number of nitrogens with zero attached hydrogens (tertiary/aromatic N) is 1. The first kappa shape index (κ1) is 28.9. The van der Waals surface area contributed by atoms with Crippen molar-refractivity contribution < 1.29 is 27.9 Å². The first-order valence-electron chi connectivity index (χ1n) is 12.0. The lowest BCUT2D eigenvalue weighted by Gasteiger charge is -2.17. The van der Waals surface area contributed by atoms with Gasteiger partial charge in [0.2, 0.25) is 0 Å². The molecule has 0 saturated carbocycles. The first-order valence-corrected chi connectivity index (χ1v) is 12.7. The highest BCUT2D eigenvalue weighted by molar-refractivity contribution is 6.31. The van der Waals surface area contributed by atoms with Gasteiger partial charge in [0.1, 0.15) is 5.69 Å². The van der Waals surface area contributed by atoms with Gasteiger partial charge in [-0.15, -0.1) is 0 Å². The van der Waals surface area contributed by atoms with E-state index < -0.39 is 28.6 Å². The molecule has 40 heavy (non-hydrogen) atoms. The molecule has 1 aromatic heterocycles. The van der Waals surface area contributed by atoms with E-state index in [4.69, 9.17) is 28.3 Å². The van der Waals surface area contributed by atoms with Gasteiger partial charge in [-0.25, -0.2) is 0 Å². The fraction of sp³-hybridized carbons (Fsp3) is 0.138. The smallest absolute Gasteiger partial charge is 0.417 e. The third kappa shape index (κ3) is 7.31. The zero-order valence-corrected chi connectivity index (χ0v) is 22.2. The van der Waals surface area contributed by atoms with E-state index in [0.29, 0.717) is 16.1 Å². The van der Waals surface area contributed by atoms with E-state index in [2.05, 4.69) is 15.6 Å². The Morgan fingerprint density at radius 1 is 0.875 bits per heavy atom. The summed E-state index contributed by atoms with van der Waals surface area (Å²) in [6, 6.07) is 20.0. The molecule has 3 aromatic carbocycles. The number of carbonyl (C=O) groups excluding carboxylic acids is 1. The molecular formula is C29H22Cl2F3N3O3. The summed E-state index contributed by atoms with van der Waals surface area (Å²) in [5.74, 6) is -1.66. The van der Waals surface area contributed by atoms with E-state index in [1.165, 1.54) is 24.4 Å². The minimum absolute atomic E-state index is 0.000371. The Hall–Kier alpha value is -4.08. The van der Waals surface area contributed by atoms with E-state index in [1.807, 2.05) is 36.4 Å². The van der Waals surface area contributed by atoms with Crippen LogP contribution in [0.1, 0.15) is 28.0 Å². The monoisotopic (exact) mass is 587 g/mol. The Kier molecular flexibility index (Phi) is 8.96. The van der Waals surface area contributed by atoms with Crippen molar-refractivity contribution in [2.75, 3.05) is 11.9 Å². The molecule has 6 nitrogen and oxygen atoms in total. The molecule has 4 rings (SSSR count). The molecule has 4 aromatic rings. The average Bonchev–Trinajstić information content (AvgIpc) is 2.92. The van der Waals surface area contributed by atoms with Gasteiger partial charge < -0.3 is 15.7 Å². The van der Waals surface area contributed by atoms with Gasteiger partial charge in [-0.1, -0.05) is 53.5 Å². The Bertz CT molecular complexity index is 1510. The van der Waals surface area contributed by atoms with Gasteiger partial charge in [-0.05, 0) is 64.7 Å². The summed E-state index contributed by atoms with van der Waals surface area (Å²) in [5, 5.41) is 14.5. The van der Waals surface area contributed by atoms with Crippen molar-refractivity contribution in [2.24, 2.45) is 0 Å². The number of aliphatic carboxylic acids is 1. The van der Waals surface area contributed by atoms with Crippen LogP contribution in [0.3, 0.4) is 0 Å². The number of hydrogen-bond donors (Lipinski definition) is 3. The van der Waals surface area contributed by atoms with E-state index in [0.717, 1.165) is 22.9 Å². The number of rotatable bonds is 9. The molecule has 0 aliphatic rings. The molecule has 206 valence electrons. The maximum absolute atomic E-state index is 13.7. The molecule has 0 unspecified atom stereocenters. The van der Waals surface area contributed by atoms with Crippen LogP contribution in [0, 0.1) is 0 Å². The van der Waals surface area contributed by atoms with Crippen LogP contribution in [-0.2, 0) is 17.5 Å². The molecule has 3 N–H and O–H groups in total. The highest BCUT2D eigenvalue weighted by Crippen LogP contribution is 2.39. The van der Waals surface area contributed by atoms with E-state index in [-0.39, 0.29) is 30.8 Å². The molecule has 0 aliphatic heterocycles. The molecule has 11 heteroatoms. The van der Waals surface area contributed by atoms with Gasteiger partial charge in [-0.3, -0.25) is 14.6 Å². The highest BCUT2D eigenvalue weighted by Gasteiger charge is 2.34. The molecule has 0 atom stereocenters. The van der Waals surface area contributed by atoms with Gasteiger partial charge in [0, 0.05) is 35.6 Å². The molecule has 0 radical (unpaired) electrons. The lowest BCUT2D eigenvalue weighted by atomic mass is 9.97. The van der Waals surface area contributed by atoms with Gasteiger partial charge in [-0.2, -0.15) is 13.2 Å². The number of carbonyl (C=O) groups is 2. The lowest BCUT2D eigenvalue weighted by molar-refractivity contribution is -0.138. The number of alkyl halides is 3. The van der Waals surface area contributed by atoms with Crippen LogP contribution >= 0.6 is 23.2 Å². The van der Waals surface area contributed by atoms with Crippen LogP contribution < -0.4 is 10.6 Å². The summed E-state index contributed by atoms with van der Waals surface area (Å²) in [6.07, 6.45) is -3.64. The number of pyridine rings is 1. The molecule has 0 bridgehead atoms. The summed E-state index contributed by atoms with van der Waals surface area (Å²) in [5.41, 5.74) is 2.78. The molecule has 0 aliphatic carbocycles. The highest BCUT2D eigenvalue weighted by atomic mass is 35.5. The molecular weight excluding hydrogens is 566 g/mol. The molecule has 1 heterocycles. The van der Waals surface area contributed by atoms with Crippen LogP contribution in [0.5, 0.6) is 0 Å². The Morgan fingerprint density at radius 2 is 1.50 bits per heavy atom. The summed E-state index contributed by atoms with van der Waals surface area (Å²) in [6.45, 7) is 0.0745. The van der Waals surface area contributed by atoms with Crippen molar-refractivity contribution in [3.63, 3.8) is 0 Å². The van der Waals surface area contributed by atoms with Gasteiger partial charge in [0.05, 0.1) is 17.0 Å². The SMILES string of the molecule is O=C(O)CCNC(=O)c1ccc(-c2cc(C(F)(F)F)c(Cl)cc2CNc2ccc(-c3ccc(Cl)cc3)cc2)cn1. The number of anilines is 1. The number of aromatic nitrogens is 1. The number of halogens is 5. The maximum Gasteiger partial charge on any atom is 0.417 e. The van der Waals surface area contributed by atoms with Crippen molar-refractivity contribution >= 4 is 40.8 Å². The van der Waals surface area contributed by atoms with Crippen molar-refractivity contribution in [3.05, 3.63) is 106 Å². The van der Waals surface area contributed by atoms with Crippen molar-refractivity contribution in [2.45, 2.75) is 19.1 Å². The maximum atomic E-state index is 13.7. The van der Waals surface area contributed by atoms with E-state index in [1.54, 1.807) is 12.1 Å². The first-order chi connectivity index (χ1) is 19.0. The number of carboxylic acids is 1. The summed E-state index contributed by atoms with van der Waals surface area (Å²) in [4.78, 5) is 26.9. The predicted molar refractivity (Wildman–Crippen MR) is 148 cm³/mol. The summed E-state index contributed by atoms with van der Waals surface area (Å²) < 4.78 is 41.0. The fourth-order valence-corrected chi connectivity index (χ4v) is 4.35. The Morgan fingerprint density at radius 3 is 2.08 bits per heavy atom. The van der Waals surface area contributed by atoms with E-state index in [9.17, 15) is 22.8 Å². The van der Waals surface area contributed by atoms with Crippen LogP contribution in [0.4, 0.5) is 18.9 Å². The largest absolute Gasteiger partial charge is 0.481 e. The van der Waals surface area contributed by atoms with Crippen molar-refractivity contribution in [1.29, 1.82) is 0 Å². The molecule has 0 saturated heterocycles. The van der Waals surface area contributed by atoms with Crippen LogP contribution in [0.2, 0.25) is 10.0 Å². The third-order valence-electron chi connectivity index (χ3n) is 5.98. The number of benzene rings is 3. The van der Waals surface area contributed by atoms with Crippen LogP contribution in [0.15, 0.2) is 79.0 Å². The van der Waals surface area contributed by atoms with Gasteiger partial charge in [0.15, 0.2) is 0 Å². The molecule has 0 fully saturated rings. The summed E-state index contributed by atoms with van der Waals surface area (Å²) in [7, 11) is 0. The van der Waals surface area contributed by atoms with Crippen LogP contribution in [0.25, 0.3) is 22.3 Å². The number of carboxylic acid groups (broad SMARTS) is 1. The second-order valence-electron chi connectivity index (χ2n) is 8.76. The molecule has 0 spiro atoms. The van der Waals surface area contributed by atoms with Gasteiger partial charge in [0.25, 0.3) is 5.91 Å². The topological polar surface area (TPSA) is 91.3 Å². The minimum Gasteiger partial charge on any atom is -0.481 e. The zero-order chi connectivity index (χ0) is 28.9. The minimum atomic E-state index is -4.67. The fourth-order valence-electron chi connectivity index (χ4n) is 3.93. The number of nitrogens with one attached hydrogen (secondary N) is 2. The number of hydrogen-bond acceptors (Lipinski definition) is 4. The molecule has 1 amide bonds. The summed E-state index contributed by atoms with van der Waals surface area (Å²) >= 11 is 12.0. The Balaban J connectivity index is 1.57. The van der Waals surface area contributed by atoms with Crippen molar-refractivity contribution in [3.8, 4) is 22.3 Å². The van der Waals surface area contributed by atoms with Crippen molar-refractivity contribution in [1.82, 2.24) is 10.3 Å². The standard InChI is InChI=1S/C29H22Cl2F3N3O3/c30-21-6-1-17(2-7-21)18-3-8-22(9-4-18)36-16-20-13-25(31)24(29(32,33)34)14-23(20)19-5-10-26(37-15-19)28(40)35-12-11-27(38)39/h1-10,13-15,36H,11-12,16H2,(H,35,40)(H,38,39). The second kappa shape index (κ2) is 12.4.